The van der Waals surface area contributed by atoms with Gasteiger partial charge in [0.25, 0.3) is 0 Å². The summed E-state index contributed by atoms with van der Waals surface area (Å²) in [5.41, 5.74) is 2.55. The number of aromatic nitrogens is 2. The number of carbonyl (C=O) groups excluding carboxylic acids is 4. The number of benzene rings is 2. The van der Waals surface area contributed by atoms with E-state index in [2.05, 4.69) is 9.97 Å². The average Bonchev–Trinajstić information content (AvgIpc) is 3.61. The number of para-hydroxylation sites is 2. The fraction of sp³-hybridized carbons (Fsp3) is 0.355. The zero-order valence-corrected chi connectivity index (χ0v) is 38.1. The molecular formula is C31H33GdN5Na3O11P+. The first kappa shape index (κ1) is 51.8. The van der Waals surface area contributed by atoms with Gasteiger partial charge in [-0.3, -0.25) is 14.7 Å². The summed E-state index contributed by atoms with van der Waals surface area (Å²) in [6, 6.07) is 11.1. The summed E-state index contributed by atoms with van der Waals surface area (Å²) in [4.78, 5) is 78.6. The Labute approximate surface area is 397 Å². The van der Waals surface area contributed by atoms with Gasteiger partial charge in [-0.1, -0.05) is 36.4 Å². The number of fused-ring (bicyclic) bond motifs is 2. The number of hydrogen-bond acceptors (Lipinski definition) is 13. The van der Waals surface area contributed by atoms with Crippen molar-refractivity contribution in [2.75, 3.05) is 45.6 Å². The molecule has 4 rings (SSSR count). The third-order valence-corrected chi connectivity index (χ3v) is 8.81. The predicted molar refractivity (Wildman–Crippen MR) is 161 cm³/mol. The zero-order chi connectivity index (χ0) is 35.0. The number of carboxylic acid groups (broad SMARTS) is 4. The third-order valence-electron chi connectivity index (χ3n) is 8.05. The molecule has 21 heteroatoms. The molecule has 2 aromatic heterocycles. The van der Waals surface area contributed by atoms with Crippen molar-refractivity contribution in [2.24, 2.45) is 0 Å². The van der Waals surface area contributed by atoms with Gasteiger partial charge in [-0.15, -0.1) is 0 Å². The Morgan fingerprint density at radius 3 is 1.37 bits per heavy atom. The van der Waals surface area contributed by atoms with E-state index in [1.54, 1.807) is 60.9 Å². The topological polar surface area (TPSA) is 262 Å². The van der Waals surface area contributed by atoms with Crippen LogP contribution in [0.3, 0.4) is 0 Å². The van der Waals surface area contributed by atoms with E-state index in [9.17, 15) is 54.0 Å². The number of carboxylic acids is 4. The molecule has 0 aliphatic carbocycles. The molecule has 0 saturated carbocycles. The van der Waals surface area contributed by atoms with Gasteiger partial charge in [-0.25, -0.2) is 0 Å². The molecule has 0 aliphatic rings. The number of rotatable bonds is 20. The molecule has 4 aromatic rings. The fourth-order valence-electron chi connectivity index (χ4n) is 5.81. The molecule has 2 heterocycles. The van der Waals surface area contributed by atoms with Crippen molar-refractivity contribution in [2.45, 2.75) is 24.9 Å². The fourth-order valence-corrected chi connectivity index (χ4v) is 6.60. The predicted octanol–water partition coefficient (Wildman–Crippen LogP) is -13.4. The molecule has 16 nitrogen and oxygen atoms in total. The van der Waals surface area contributed by atoms with E-state index in [1.165, 1.54) is 0 Å². The summed E-state index contributed by atoms with van der Waals surface area (Å²) in [5.74, 6) is -6.42. The second kappa shape index (κ2) is 24.4. The Kier molecular flexibility index (Phi) is 24.3. The zero-order valence-electron chi connectivity index (χ0n) is 29.0. The normalized spacial score (nSPS) is 13.3. The molecular weight excluding hydrogens is 876 g/mol. The summed E-state index contributed by atoms with van der Waals surface area (Å²) in [7, 11) is -5.01. The molecule has 1 unspecified atom stereocenters. The SMILES string of the molecule is O=C([O-])CN(CCN(CCN(CC(=O)[O-])[C@@H](Cc1c[nH]c2ccccc12)C(=O)[O-])CP(=O)([O-])O)[C@@H](Cc1c[nH]c2ccccc12)C(=O)[O-].[Gd+3].[Na+].[Na+].[Na+]. The van der Waals surface area contributed by atoms with Gasteiger partial charge in [0.1, 0.15) is 7.60 Å². The van der Waals surface area contributed by atoms with Crippen LogP contribution in [0.5, 0.6) is 0 Å². The molecule has 0 amide bonds. The van der Waals surface area contributed by atoms with Gasteiger partial charge in [0.15, 0.2) is 0 Å². The van der Waals surface area contributed by atoms with E-state index >= 15 is 0 Å². The first-order valence-corrected chi connectivity index (χ1v) is 16.6. The van der Waals surface area contributed by atoms with Crippen molar-refractivity contribution >= 4 is 53.3 Å². The number of hydrogen-bond donors (Lipinski definition) is 3. The number of H-pyrrole nitrogens is 2. The average molecular weight is 909 g/mol. The Balaban J connectivity index is 0.00000650. The number of nitrogens with zero attached hydrogens (tertiary/aromatic N) is 3. The van der Waals surface area contributed by atoms with E-state index < -0.39 is 62.9 Å². The molecule has 3 N–H and O–H groups in total. The van der Waals surface area contributed by atoms with Gasteiger partial charge in [-0.05, 0) is 36.1 Å². The van der Waals surface area contributed by atoms with E-state index in [0.29, 0.717) is 21.9 Å². The summed E-state index contributed by atoms with van der Waals surface area (Å²) >= 11 is 0. The molecule has 52 heavy (non-hydrogen) atoms. The molecule has 263 valence electrons. The summed E-state index contributed by atoms with van der Waals surface area (Å²) in [6.07, 6.45) is 1.82. The van der Waals surface area contributed by atoms with Gasteiger partial charge in [0.2, 0.25) is 0 Å². The van der Waals surface area contributed by atoms with Crippen molar-refractivity contribution in [3.05, 3.63) is 72.1 Å². The number of aliphatic carboxylic acids is 4. The minimum atomic E-state index is -5.01. The Morgan fingerprint density at radius 2 is 1.04 bits per heavy atom. The van der Waals surface area contributed by atoms with Crippen LogP contribution < -0.4 is 114 Å². The second-order valence-corrected chi connectivity index (χ2v) is 12.9. The van der Waals surface area contributed by atoms with E-state index in [0.717, 1.165) is 25.7 Å². The van der Waals surface area contributed by atoms with Crippen LogP contribution in [0.2, 0.25) is 0 Å². The van der Waals surface area contributed by atoms with Crippen LogP contribution in [0, 0.1) is 39.9 Å². The third kappa shape index (κ3) is 15.7. The molecule has 0 saturated heterocycles. The Bertz CT molecular complexity index is 1710. The largest absolute Gasteiger partial charge is 3.00 e. The minimum Gasteiger partial charge on any atom is -0.778 e. The van der Waals surface area contributed by atoms with Crippen LogP contribution >= 0.6 is 7.60 Å². The monoisotopic (exact) mass is 909 g/mol. The van der Waals surface area contributed by atoms with Crippen LogP contribution in [0.1, 0.15) is 11.1 Å². The van der Waals surface area contributed by atoms with Crippen molar-refractivity contribution < 1.29 is 183 Å². The molecule has 0 bridgehead atoms. The van der Waals surface area contributed by atoms with Crippen LogP contribution in [0.15, 0.2) is 60.9 Å². The van der Waals surface area contributed by atoms with E-state index in [1.807, 2.05) is 0 Å². The summed E-state index contributed by atoms with van der Waals surface area (Å²) in [5, 5.41) is 49.2. The second-order valence-electron chi connectivity index (χ2n) is 11.4. The van der Waals surface area contributed by atoms with Crippen molar-refractivity contribution in [1.29, 1.82) is 0 Å². The number of carbonyl (C=O) groups is 4. The molecule has 3 atom stereocenters. The van der Waals surface area contributed by atoms with Gasteiger partial charge >= 0.3 is 129 Å². The first-order chi connectivity index (χ1) is 22.7. The molecule has 0 aliphatic heterocycles. The maximum absolute atomic E-state index is 12.3. The summed E-state index contributed by atoms with van der Waals surface area (Å²) < 4.78 is 11.9. The number of nitrogens with one attached hydrogen (secondary N) is 2. The molecule has 1 radical (unpaired) electrons. The van der Waals surface area contributed by atoms with Gasteiger partial charge in [0, 0.05) is 73.5 Å². The van der Waals surface area contributed by atoms with Gasteiger partial charge in [-0.2, -0.15) is 0 Å². The molecule has 2 aromatic carbocycles. The maximum atomic E-state index is 12.3. The van der Waals surface area contributed by atoms with Crippen LogP contribution in [0.4, 0.5) is 0 Å². The van der Waals surface area contributed by atoms with Crippen molar-refractivity contribution in [1.82, 2.24) is 24.7 Å². The Morgan fingerprint density at radius 1 is 0.673 bits per heavy atom. The molecule has 0 fully saturated rings. The van der Waals surface area contributed by atoms with Crippen molar-refractivity contribution in [3.8, 4) is 0 Å². The summed E-state index contributed by atoms with van der Waals surface area (Å²) in [6.45, 7) is -3.14. The van der Waals surface area contributed by atoms with Crippen LogP contribution in [0.25, 0.3) is 21.8 Å². The van der Waals surface area contributed by atoms with Crippen LogP contribution in [-0.4, -0.2) is 111 Å². The van der Waals surface area contributed by atoms with E-state index in [-0.39, 0.29) is 168 Å². The van der Waals surface area contributed by atoms with Crippen LogP contribution in [-0.2, 0) is 36.6 Å². The van der Waals surface area contributed by atoms with E-state index in [4.69, 9.17) is 0 Å². The molecule has 0 spiro atoms. The quantitative estimate of drug-likeness (QED) is 0.0550. The smallest absolute Gasteiger partial charge is 0.778 e. The number of aromatic amines is 2. The van der Waals surface area contributed by atoms with Gasteiger partial charge in [0.05, 0.1) is 42.2 Å². The first-order valence-electron chi connectivity index (χ1n) is 14.9. The minimum absolute atomic E-state index is 0. The standard InChI is InChI=1S/C31H38N5O11P.Gd.3Na/c37-28(38)17-35(26(30(41)42)13-20-15-32-24-7-3-1-5-22(20)24)11-9-34(19-48(45,46)47)10-12-36(18-29(39)40)27(31(43)44)14-21-16-33-25-8-4-2-6-23(21)25;;;;/h1-8,15-16,26-27,32-33H,9-14,17-19H2,(H,37,38)(H,39,40)(H,41,42)(H,43,44)(H2,45,46,47);;;;/q;+3;3*+1/p-5/t26-,27-;;;;/m0..../s1. The van der Waals surface area contributed by atoms with Crippen molar-refractivity contribution in [3.63, 3.8) is 0 Å². The maximum Gasteiger partial charge on any atom is 3.00 e. The Hall–Kier alpha value is -0.245. The van der Waals surface area contributed by atoms with Gasteiger partial charge < -0.3 is 63.9 Å².